The molecule has 0 unspecified atom stereocenters. The fraction of sp³-hybridized carbons (Fsp3) is 0.0392. The van der Waals surface area contributed by atoms with Gasteiger partial charge in [0.25, 0.3) is 0 Å². The van der Waals surface area contributed by atoms with Crippen LogP contribution in [0.4, 0.5) is 0 Å². The fourth-order valence-corrected chi connectivity index (χ4v) is 13.7. The number of aromatic nitrogens is 4. The standard InChI is InChI=1S/C51H35N4Si/c1-56(2)44-28-24-34-14-8-10-18-40(34)46(44)42-26-25-41-45-39-17-9-7-13-33(39)23-27-43(45)55(47(41)48(42)56)51-53-49(37-21-19-31-11-3-5-15-35(31)29-37)52-50(54-51)38-22-20-32-12-4-6-16-36(32)30-38/h3-30,56H,1-2H3/q-1. The van der Waals surface area contributed by atoms with Gasteiger partial charge in [-0.05, 0) is 0 Å². The van der Waals surface area contributed by atoms with E-state index in [2.05, 4.69) is 188 Å². The molecule has 0 aliphatic carbocycles. The maximum absolute atomic E-state index is 5.45. The van der Waals surface area contributed by atoms with E-state index in [9.17, 15) is 0 Å². The Bertz CT molecular complexity index is 3370. The van der Waals surface area contributed by atoms with Gasteiger partial charge in [-0.3, -0.25) is 0 Å². The summed E-state index contributed by atoms with van der Waals surface area (Å²) >= 11 is 0. The Morgan fingerprint density at radius 3 is 1.64 bits per heavy atom. The van der Waals surface area contributed by atoms with Crippen LogP contribution in [0, 0.1) is 0 Å². The molecule has 0 atom stereocenters. The van der Waals surface area contributed by atoms with Crippen molar-refractivity contribution in [2.24, 2.45) is 0 Å². The van der Waals surface area contributed by atoms with E-state index >= 15 is 0 Å². The van der Waals surface area contributed by atoms with Crippen LogP contribution in [0.3, 0.4) is 0 Å². The van der Waals surface area contributed by atoms with Crippen molar-refractivity contribution in [3.05, 3.63) is 170 Å². The molecule has 0 spiro atoms. The summed E-state index contributed by atoms with van der Waals surface area (Å²) in [5.41, 5.74) is 6.96. The first kappa shape index (κ1) is 31.4. The van der Waals surface area contributed by atoms with E-state index in [1.165, 1.54) is 70.1 Å². The molecular formula is C51H35N4Si-. The van der Waals surface area contributed by atoms with Crippen molar-refractivity contribution in [1.29, 1.82) is 0 Å². The molecule has 3 heterocycles. The van der Waals surface area contributed by atoms with Crippen LogP contribution >= 0.6 is 0 Å². The zero-order valence-corrected chi connectivity index (χ0v) is 32.2. The third-order valence-electron chi connectivity index (χ3n) is 12.4. The minimum absolute atomic E-state index is 0.630. The molecule has 1 aliphatic heterocycles. The Hall–Kier alpha value is -6.95. The number of rotatable bonds is 3. The first-order valence-electron chi connectivity index (χ1n) is 19.5. The van der Waals surface area contributed by atoms with Crippen molar-refractivity contribution in [2.75, 3.05) is 0 Å². The predicted octanol–water partition coefficient (Wildman–Crippen LogP) is 11.5. The minimum atomic E-state index is -2.66. The summed E-state index contributed by atoms with van der Waals surface area (Å²) in [6.07, 6.45) is 0. The molecule has 0 saturated heterocycles. The summed E-state index contributed by atoms with van der Waals surface area (Å²) in [5.74, 6) is 1.94. The summed E-state index contributed by atoms with van der Waals surface area (Å²) in [4.78, 5) is 16.2. The molecule has 0 fully saturated rings. The monoisotopic (exact) mass is 731 g/mol. The van der Waals surface area contributed by atoms with Gasteiger partial charge in [0.1, 0.15) is 0 Å². The predicted molar refractivity (Wildman–Crippen MR) is 239 cm³/mol. The number of hydrogen-bond acceptors (Lipinski definition) is 3. The van der Waals surface area contributed by atoms with Gasteiger partial charge >= 0.3 is 326 Å². The van der Waals surface area contributed by atoms with Crippen LogP contribution in [0.2, 0.25) is 13.1 Å². The van der Waals surface area contributed by atoms with E-state index in [1.54, 1.807) is 0 Å². The summed E-state index contributed by atoms with van der Waals surface area (Å²) in [6.45, 7) is 5.08. The van der Waals surface area contributed by atoms with E-state index in [0.29, 0.717) is 17.6 Å². The van der Waals surface area contributed by atoms with Crippen LogP contribution in [-0.4, -0.2) is 27.6 Å². The second kappa shape index (κ2) is 11.5. The molecule has 0 N–H and O–H groups in total. The summed E-state index contributed by atoms with van der Waals surface area (Å²) < 4.78 is 2.38. The fourth-order valence-electron chi connectivity index (χ4n) is 9.78. The van der Waals surface area contributed by atoms with E-state index in [1.807, 2.05) is 0 Å². The van der Waals surface area contributed by atoms with Crippen LogP contribution in [0.25, 0.3) is 105 Å². The third kappa shape index (κ3) is 4.43. The van der Waals surface area contributed by atoms with Crippen molar-refractivity contribution in [3.8, 4) is 39.9 Å². The summed E-state index contributed by atoms with van der Waals surface area (Å²) in [5, 5.41) is 15.2. The summed E-state index contributed by atoms with van der Waals surface area (Å²) in [7, 11) is -2.66. The number of benzene rings is 9. The molecule has 1 aliphatic rings. The molecule has 56 heavy (non-hydrogen) atoms. The van der Waals surface area contributed by atoms with Crippen molar-refractivity contribution in [2.45, 2.75) is 13.1 Å². The molecule has 11 aromatic rings. The van der Waals surface area contributed by atoms with Gasteiger partial charge in [-0.1, -0.05) is 0 Å². The van der Waals surface area contributed by atoms with Gasteiger partial charge < -0.3 is 0 Å². The number of nitrogens with zero attached hydrogens (tertiary/aromatic N) is 4. The first-order valence-corrected chi connectivity index (χ1v) is 23.0. The van der Waals surface area contributed by atoms with Crippen molar-refractivity contribution in [1.82, 2.24) is 19.5 Å². The van der Waals surface area contributed by atoms with Gasteiger partial charge in [0.15, 0.2) is 0 Å². The molecule has 9 aromatic carbocycles. The molecule has 0 radical (unpaired) electrons. The van der Waals surface area contributed by atoms with Gasteiger partial charge in [-0.15, -0.1) is 0 Å². The normalized spacial score (nSPS) is 13.9. The molecule has 4 nitrogen and oxygen atoms in total. The zero-order chi connectivity index (χ0) is 37.1. The molecule has 264 valence electrons. The quantitative estimate of drug-likeness (QED) is 0.170. The van der Waals surface area contributed by atoms with Crippen LogP contribution in [-0.2, 0) is 0 Å². The number of fused-ring (bicyclic) bond motifs is 13. The third-order valence-corrected chi connectivity index (χ3v) is 16.5. The topological polar surface area (TPSA) is 43.6 Å². The van der Waals surface area contributed by atoms with Gasteiger partial charge in [-0.25, -0.2) is 0 Å². The van der Waals surface area contributed by atoms with Crippen LogP contribution in [0.5, 0.6) is 0 Å². The average Bonchev–Trinajstić information content (AvgIpc) is 3.71. The first-order chi connectivity index (χ1) is 27.5. The zero-order valence-electron chi connectivity index (χ0n) is 31.0. The molecule has 2 aromatic heterocycles. The van der Waals surface area contributed by atoms with E-state index in [0.717, 1.165) is 27.4 Å². The summed E-state index contributed by atoms with van der Waals surface area (Å²) in [6, 6.07) is 61.6. The SMILES string of the molecule is C[SiH-]1(C)c2ccc3ccccc3c2-c2ccc3c4c5ccccc5ccc4n(-c4nc(-c5ccc6ccccc6c5)nc(-c5ccc6ccccc6c5)n4)c3c21. The average molecular weight is 732 g/mol. The van der Waals surface area contributed by atoms with E-state index < -0.39 is 8.07 Å². The Balaban J connectivity index is 1.23. The van der Waals surface area contributed by atoms with E-state index in [4.69, 9.17) is 15.0 Å². The Labute approximate surface area is 324 Å². The molecular weight excluding hydrogens is 697 g/mol. The second-order valence-corrected chi connectivity index (χ2v) is 20.9. The van der Waals surface area contributed by atoms with Gasteiger partial charge in [0.2, 0.25) is 0 Å². The Morgan fingerprint density at radius 2 is 0.982 bits per heavy atom. The van der Waals surface area contributed by atoms with Crippen molar-refractivity contribution in [3.63, 3.8) is 0 Å². The second-order valence-electron chi connectivity index (χ2n) is 16.0. The van der Waals surface area contributed by atoms with Gasteiger partial charge in [-0.2, -0.15) is 0 Å². The molecule has 0 amide bonds. The Morgan fingerprint density at radius 1 is 0.446 bits per heavy atom. The molecule has 12 rings (SSSR count). The van der Waals surface area contributed by atoms with Crippen molar-refractivity contribution >= 4 is 83.3 Å². The Kier molecular flexibility index (Phi) is 6.46. The van der Waals surface area contributed by atoms with Crippen LogP contribution in [0.15, 0.2) is 170 Å². The number of hydrogen-bond donors (Lipinski definition) is 0. The van der Waals surface area contributed by atoms with Crippen LogP contribution < -0.4 is 10.4 Å². The van der Waals surface area contributed by atoms with Gasteiger partial charge in [0.05, 0.1) is 0 Å². The van der Waals surface area contributed by atoms with Crippen LogP contribution in [0.1, 0.15) is 0 Å². The molecule has 0 saturated carbocycles. The maximum atomic E-state index is 5.45. The van der Waals surface area contributed by atoms with Gasteiger partial charge in [0, 0.05) is 0 Å². The molecule has 0 bridgehead atoms. The van der Waals surface area contributed by atoms with E-state index in [-0.39, 0.29) is 0 Å². The molecule has 5 heteroatoms. The van der Waals surface area contributed by atoms with Crippen molar-refractivity contribution < 1.29 is 0 Å².